The van der Waals surface area contributed by atoms with Crippen LogP contribution in [0.5, 0.6) is 0 Å². The van der Waals surface area contributed by atoms with Crippen LogP contribution in [0.1, 0.15) is 24.0 Å². The molecule has 0 spiro atoms. The summed E-state index contributed by atoms with van der Waals surface area (Å²) >= 11 is 0. The van der Waals surface area contributed by atoms with Crippen LogP contribution in [0.3, 0.4) is 0 Å². The van der Waals surface area contributed by atoms with Crippen molar-refractivity contribution in [1.29, 1.82) is 0 Å². The van der Waals surface area contributed by atoms with Gasteiger partial charge in [0.15, 0.2) is 0 Å². The molecule has 1 unspecified atom stereocenters. The van der Waals surface area contributed by atoms with Crippen molar-refractivity contribution in [3.05, 3.63) is 29.3 Å². The maximum atomic E-state index is 12.2. The number of nitrogens with one attached hydrogen (secondary N) is 2. The minimum atomic E-state index is 0. The van der Waals surface area contributed by atoms with Gasteiger partial charge in [0.1, 0.15) is 0 Å². The lowest BCUT2D eigenvalue weighted by Gasteiger charge is -2.32. The number of aryl methyl sites for hydroxylation is 1. The molecule has 0 aromatic heterocycles. The molecule has 1 aliphatic rings. The van der Waals surface area contributed by atoms with Crippen molar-refractivity contribution >= 4 is 24.0 Å². The Morgan fingerprint density at radius 1 is 1.36 bits per heavy atom. The Hall–Kier alpha value is -1.10. The summed E-state index contributed by atoms with van der Waals surface area (Å²) in [6.45, 7) is 7.69. The Balaban J connectivity index is 0.00000242. The Morgan fingerprint density at radius 3 is 2.86 bits per heavy atom. The largest absolute Gasteiger partial charge is 0.325 e. The summed E-state index contributed by atoms with van der Waals surface area (Å²) in [7, 11) is 1.99. The van der Waals surface area contributed by atoms with Crippen LogP contribution >= 0.6 is 12.4 Å². The fraction of sp³-hybridized carbons (Fsp3) is 0.588. The number of carbonyl (C=O) groups excluding carboxylic acids is 1. The van der Waals surface area contributed by atoms with Crippen LogP contribution in [-0.2, 0) is 4.79 Å². The summed E-state index contributed by atoms with van der Waals surface area (Å²) in [5, 5.41) is 6.29. The lowest BCUT2D eigenvalue weighted by atomic mass is 9.98. The van der Waals surface area contributed by atoms with Gasteiger partial charge in [0, 0.05) is 12.2 Å². The van der Waals surface area contributed by atoms with Gasteiger partial charge in [-0.15, -0.1) is 12.4 Å². The average molecular weight is 326 g/mol. The van der Waals surface area contributed by atoms with Crippen LogP contribution in [-0.4, -0.2) is 44.0 Å². The van der Waals surface area contributed by atoms with Crippen LogP contribution in [0.25, 0.3) is 0 Å². The smallest absolute Gasteiger partial charge is 0.238 e. The number of hydrogen-bond donors (Lipinski definition) is 2. The Bertz CT molecular complexity index is 491. The second-order valence-electron chi connectivity index (χ2n) is 6.10. The molecule has 1 aromatic rings. The summed E-state index contributed by atoms with van der Waals surface area (Å²) in [6, 6.07) is 6.03. The van der Waals surface area contributed by atoms with Crippen molar-refractivity contribution in [3.8, 4) is 0 Å². The maximum absolute atomic E-state index is 12.2. The van der Waals surface area contributed by atoms with Crippen LogP contribution in [0.4, 0.5) is 5.69 Å². The topological polar surface area (TPSA) is 44.4 Å². The maximum Gasteiger partial charge on any atom is 0.238 e. The quantitative estimate of drug-likeness (QED) is 0.874. The van der Waals surface area contributed by atoms with E-state index in [-0.39, 0.29) is 18.3 Å². The van der Waals surface area contributed by atoms with Crippen molar-refractivity contribution < 1.29 is 4.79 Å². The van der Waals surface area contributed by atoms with Gasteiger partial charge in [-0.2, -0.15) is 0 Å². The van der Waals surface area contributed by atoms with Gasteiger partial charge < -0.3 is 10.6 Å². The molecule has 0 radical (unpaired) electrons. The first-order chi connectivity index (χ1) is 10.1. The standard InChI is InChI=1S/C17H27N3O.ClH/c1-13-6-4-8-16(14(13)2)19-17(21)12-20-9-5-7-15(11-20)10-18-3;/h4,6,8,15,18H,5,7,9-12H2,1-3H3,(H,19,21);1H. The molecule has 2 rings (SSSR count). The predicted molar refractivity (Wildman–Crippen MR) is 94.9 cm³/mol. The van der Waals surface area contributed by atoms with Crippen molar-refractivity contribution in [1.82, 2.24) is 10.2 Å². The number of piperidine rings is 1. The highest BCUT2D eigenvalue weighted by Crippen LogP contribution is 2.19. The molecule has 124 valence electrons. The predicted octanol–water partition coefficient (Wildman–Crippen LogP) is 2.60. The van der Waals surface area contributed by atoms with Gasteiger partial charge in [0.05, 0.1) is 6.54 Å². The van der Waals surface area contributed by atoms with Crippen molar-refractivity contribution in [2.75, 3.05) is 38.5 Å². The molecule has 0 aliphatic carbocycles. The van der Waals surface area contributed by atoms with Crippen molar-refractivity contribution in [2.24, 2.45) is 5.92 Å². The molecule has 4 nitrogen and oxygen atoms in total. The Kier molecular flexibility index (Phi) is 7.87. The molecule has 1 fully saturated rings. The minimum Gasteiger partial charge on any atom is -0.325 e. The molecule has 1 amide bonds. The fourth-order valence-corrected chi connectivity index (χ4v) is 3.03. The first-order valence-corrected chi connectivity index (χ1v) is 7.83. The SMILES string of the molecule is CNCC1CCCN(CC(=O)Nc2cccc(C)c2C)C1.Cl. The number of rotatable bonds is 5. The number of anilines is 1. The number of hydrogen-bond acceptors (Lipinski definition) is 3. The fourth-order valence-electron chi connectivity index (χ4n) is 3.03. The summed E-state index contributed by atoms with van der Waals surface area (Å²) in [4.78, 5) is 14.5. The van der Waals surface area contributed by atoms with Gasteiger partial charge in [-0.3, -0.25) is 9.69 Å². The van der Waals surface area contributed by atoms with Gasteiger partial charge in [0.25, 0.3) is 0 Å². The molecule has 1 aliphatic heterocycles. The van der Waals surface area contributed by atoms with Gasteiger partial charge in [-0.25, -0.2) is 0 Å². The lowest BCUT2D eigenvalue weighted by Crippen LogP contribution is -2.42. The van der Waals surface area contributed by atoms with Crippen LogP contribution < -0.4 is 10.6 Å². The van der Waals surface area contributed by atoms with Crippen LogP contribution in [0.2, 0.25) is 0 Å². The molecule has 1 aromatic carbocycles. The minimum absolute atomic E-state index is 0. The van der Waals surface area contributed by atoms with E-state index < -0.39 is 0 Å². The first-order valence-electron chi connectivity index (χ1n) is 7.83. The number of nitrogens with zero attached hydrogens (tertiary/aromatic N) is 1. The highest BCUT2D eigenvalue weighted by atomic mass is 35.5. The van der Waals surface area contributed by atoms with Crippen molar-refractivity contribution in [3.63, 3.8) is 0 Å². The third-order valence-electron chi connectivity index (χ3n) is 4.34. The van der Waals surface area contributed by atoms with Crippen LogP contribution in [0, 0.1) is 19.8 Å². The summed E-state index contributed by atoms with van der Waals surface area (Å²) < 4.78 is 0. The highest BCUT2D eigenvalue weighted by Gasteiger charge is 2.21. The van der Waals surface area contributed by atoms with E-state index >= 15 is 0 Å². The number of amides is 1. The zero-order chi connectivity index (χ0) is 15.2. The molecule has 0 bridgehead atoms. The van der Waals surface area contributed by atoms with E-state index in [4.69, 9.17) is 0 Å². The molecule has 1 saturated heterocycles. The van der Waals surface area contributed by atoms with Gasteiger partial charge in [-0.1, -0.05) is 12.1 Å². The first kappa shape index (κ1) is 18.9. The van der Waals surface area contributed by atoms with Gasteiger partial charge in [-0.05, 0) is 69.9 Å². The molecule has 5 heteroatoms. The Labute approximate surface area is 140 Å². The Morgan fingerprint density at radius 2 is 2.14 bits per heavy atom. The third kappa shape index (κ3) is 5.27. The van der Waals surface area contributed by atoms with Crippen LogP contribution in [0.15, 0.2) is 18.2 Å². The van der Waals surface area contributed by atoms with Crippen molar-refractivity contribution in [2.45, 2.75) is 26.7 Å². The molecular weight excluding hydrogens is 298 g/mol. The third-order valence-corrected chi connectivity index (χ3v) is 4.34. The van der Waals surface area contributed by atoms with E-state index in [1.807, 2.05) is 19.2 Å². The lowest BCUT2D eigenvalue weighted by molar-refractivity contribution is -0.117. The summed E-state index contributed by atoms with van der Waals surface area (Å²) in [5.41, 5.74) is 3.29. The van der Waals surface area contributed by atoms with Gasteiger partial charge in [0.2, 0.25) is 5.91 Å². The normalized spacial score (nSPS) is 18.6. The van der Waals surface area contributed by atoms with E-state index in [9.17, 15) is 4.79 Å². The van der Waals surface area contributed by atoms with Gasteiger partial charge >= 0.3 is 0 Å². The van der Waals surface area contributed by atoms with E-state index in [1.165, 1.54) is 18.4 Å². The average Bonchev–Trinajstić information content (AvgIpc) is 2.44. The number of benzene rings is 1. The zero-order valence-electron chi connectivity index (χ0n) is 13.8. The molecule has 22 heavy (non-hydrogen) atoms. The van der Waals surface area contributed by atoms with E-state index in [0.717, 1.165) is 30.9 Å². The highest BCUT2D eigenvalue weighted by molar-refractivity contribution is 5.93. The van der Waals surface area contributed by atoms with E-state index in [1.54, 1.807) is 0 Å². The summed E-state index contributed by atoms with van der Waals surface area (Å²) in [5.74, 6) is 0.756. The molecule has 0 saturated carbocycles. The second-order valence-corrected chi connectivity index (χ2v) is 6.10. The molecule has 1 atom stereocenters. The number of carbonyl (C=O) groups is 1. The monoisotopic (exact) mass is 325 g/mol. The second kappa shape index (κ2) is 9.13. The van der Waals surface area contributed by atoms with E-state index in [2.05, 4.69) is 35.4 Å². The molecule has 1 heterocycles. The molecular formula is C17H28ClN3O. The number of halogens is 1. The van der Waals surface area contributed by atoms with E-state index in [0.29, 0.717) is 12.5 Å². The number of likely N-dealkylation sites (tertiary alicyclic amines) is 1. The zero-order valence-corrected chi connectivity index (χ0v) is 14.6. The summed E-state index contributed by atoms with van der Waals surface area (Å²) in [6.07, 6.45) is 2.44. The molecule has 2 N–H and O–H groups in total.